The molecule has 0 aliphatic rings. The lowest BCUT2D eigenvalue weighted by molar-refractivity contribution is -0.119. The van der Waals surface area contributed by atoms with Gasteiger partial charge in [-0.25, -0.2) is 0 Å². The highest BCUT2D eigenvalue weighted by atomic mass is 16.5. The molecule has 0 bridgehead atoms. The molecule has 3 aromatic rings. The number of hydrogen-bond donors (Lipinski definition) is 3. The first-order chi connectivity index (χ1) is 15.5. The zero-order valence-corrected chi connectivity index (χ0v) is 18.4. The summed E-state index contributed by atoms with van der Waals surface area (Å²) in [4.78, 5) is 24.0. The van der Waals surface area contributed by atoms with E-state index in [2.05, 4.69) is 28.1 Å². The lowest BCUT2D eigenvalue weighted by Gasteiger charge is -2.11. The van der Waals surface area contributed by atoms with Gasteiger partial charge in [0.2, 0.25) is 11.8 Å². The summed E-state index contributed by atoms with van der Waals surface area (Å²) in [6, 6.07) is 24.8. The molecule has 3 rings (SSSR count). The van der Waals surface area contributed by atoms with Gasteiger partial charge in [0, 0.05) is 35.5 Å². The molecule has 3 aromatic carbocycles. The molecule has 3 N–H and O–H groups in total. The van der Waals surface area contributed by atoms with Gasteiger partial charge in [0.25, 0.3) is 0 Å². The molecule has 166 valence electrons. The number of rotatable bonds is 10. The van der Waals surface area contributed by atoms with Crippen LogP contribution in [0.25, 0.3) is 0 Å². The van der Waals surface area contributed by atoms with E-state index < -0.39 is 0 Å². The van der Waals surface area contributed by atoms with Gasteiger partial charge in [-0.05, 0) is 42.0 Å². The lowest BCUT2D eigenvalue weighted by atomic mass is 10.2. The molecule has 0 unspecified atom stereocenters. The summed E-state index contributed by atoms with van der Waals surface area (Å²) in [6.07, 6.45) is 0.834. The van der Waals surface area contributed by atoms with Crippen molar-refractivity contribution in [3.05, 3.63) is 84.4 Å². The quantitative estimate of drug-likeness (QED) is 0.424. The third-order valence-corrected chi connectivity index (χ3v) is 4.75. The van der Waals surface area contributed by atoms with Crippen molar-refractivity contribution in [2.75, 3.05) is 29.1 Å². The van der Waals surface area contributed by atoms with Crippen LogP contribution in [0.4, 0.5) is 17.1 Å². The van der Waals surface area contributed by atoms with Crippen molar-refractivity contribution in [2.45, 2.75) is 20.3 Å². The Labute approximate surface area is 189 Å². The fourth-order valence-corrected chi connectivity index (χ4v) is 2.94. The molecule has 6 nitrogen and oxygen atoms in total. The van der Waals surface area contributed by atoms with Crippen molar-refractivity contribution in [1.29, 1.82) is 0 Å². The molecule has 0 saturated carbocycles. The van der Waals surface area contributed by atoms with Gasteiger partial charge in [-0.1, -0.05) is 50.2 Å². The van der Waals surface area contributed by atoms with E-state index in [1.54, 1.807) is 24.3 Å². The zero-order valence-electron chi connectivity index (χ0n) is 18.4. The van der Waals surface area contributed by atoms with Crippen LogP contribution < -0.4 is 20.7 Å². The van der Waals surface area contributed by atoms with E-state index in [9.17, 15) is 9.59 Å². The first-order valence-electron chi connectivity index (χ1n) is 10.7. The number of carbonyl (C=O) groups excluding carboxylic acids is 2. The first kappa shape index (κ1) is 22.9. The minimum atomic E-state index is -0.167. The molecule has 0 fully saturated rings. The molecule has 0 aromatic heterocycles. The molecule has 32 heavy (non-hydrogen) atoms. The summed E-state index contributed by atoms with van der Waals surface area (Å²) in [7, 11) is 0. The number of benzene rings is 3. The molecule has 0 atom stereocenters. The Balaban J connectivity index is 1.43. The summed E-state index contributed by atoms with van der Waals surface area (Å²) < 4.78 is 5.84. The second-order valence-corrected chi connectivity index (χ2v) is 7.73. The summed E-state index contributed by atoms with van der Waals surface area (Å²) in [5.74, 6) is 0.454. The van der Waals surface area contributed by atoms with Crippen molar-refractivity contribution >= 4 is 28.9 Å². The van der Waals surface area contributed by atoms with Gasteiger partial charge in [0.1, 0.15) is 5.75 Å². The van der Waals surface area contributed by atoms with E-state index in [-0.39, 0.29) is 24.3 Å². The van der Waals surface area contributed by atoms with Gasteiger partial charge in [-0.15, -0.1) is 0 Å². The highest BCUT2D eigenvalue weighted by Gasteiger charge is 2.08. The monoisotopic (exact) mass is 431 g/mol. The van der Waals surface area contributed by atoms with Crippen LogP contribution in [0.3, 0.4) is 0 Å². The third-order valence-electron chi connectivity index (χ3n) is 4.75. The van der Waals surface area contributed by atoms with Crippen molar-refractivity contribution < 1.29 is 14.3 Å². The fourth-order valence-electron chi connectivity index (χ4n) is 2.94. The average molecular weight is 432 g/mol. The molecular formula is C26H29N3O3. The molecule has 6 heteroatoms. The smallest absolute Gasteiger partial charge is 0.243 e. The minimum absolute atomic E-state index is 0.0442. The maximum absolute atomic E-state index is 12.3. The summed E-state index contributed by atoms with van der Waals surface area (Å²) in [5.41, 5.74) is 3.40. The number of hydrogen-bond acceptors (Lipinski definition) is 4. The number of amides is 2. The average Bonchev–Trinajstić information content (AvgIpc) is 2.80. The Hall–Kier alpha value is -3.80. The molecule has 0 heterocycles. The van der Waals surface area contributed by atoms with Crippen LogP contribution in [0.1, 0.15) is 19.4 Å². The summed E-state index contributed by atoms with van der Waals surface area (Å²) in [5, 5.41) is 8.77. The van der Waals surface area contributed by atoms with Crippen LogP contribution in [0.5, 0.6) is 5.75 Å². The molecule has 0 aliphatic carbocycles. The van der Waals surface area contributed by atoms with Crippen LogP contribution >= 0.6 is 0 Å². The van der Waals surface area contributed by atoms with E-state index in [0.717, 1.165) is 17.9 Å². The Bertz CT molecular complexity index is 1020. The second-order valence-electron chi connectivity index (χ2n) is 7.73. The van der Waals surface area contributed by atoms with Crippen molar-refractivity contribution in [1.82, 2.24) is 0 Å². The zero-order chi connectivity index (χ0) is 22.8. The number of carbonyl (C=O) groups is 2. The first-order valence-corrected chi connectivity index (χ1v) is 10.7. The number of anilines is 3. The van der Waals surface area contributed by atoms with Crippen molar-refractivity contribution in [2.24, 2.45) is 5.92 Å². The maximum atomic E-state index is 12.3. The van der Waals surface area contributed by atoms with E-state index >= 15 is 0 Å². The molecule has 2 amide bonds. The van der Waals surface area contributed by atoms with Gasteiger partial charge >= 0.3 is 0 Å². The van der Waals surface area contributed by atoms with Crippen LogP contribution in [-0.4, -0.2) is 25.0 Å². The SMILES string of the molecule is CC(C)C(=O)Nc1ccc(NC(=O)CNc2cccc(OCCc3ccccc3)c2)cc1. The predicted molar refractivity (Wildman–Crippen MR) is 129 cm³/mol. The Morgan fingerprint density at radius 2 is 1.50 bits per heavy atom. The van der Waals surface area contributed by atoms with Crippen LogP contribution in [-0.2, 0) is 16.0 Å². The third kappa shape index (κ3) is 7.47. The summed E-state index contributed by atoms with van der Waals surface area (Å²) >= 11 is 0. The van der Waals surface area contributed by atoms with Crippen molar-refractivity contribution in [3.8, 4) is 5.75 Å². The van der Waals surface area contributed by atoms with E-state index in [4.69, 9.17) is 4.74 Å². The van der Waals surface area contributed by atoms with Gasteiger partial charge in [-0.2, -0.15) is 0 Å². The van der Waals surface area contributed by atoms with Crippen LogP contribution in [0.15, 0.2) is 78.9 Å². The van der Waals surface area contributed by atoms with Crippen LogP contribution in [0.2, 0.25) is 0 Å². The second kappa shape index (κ2) is 11.6. The maximum Gasteiger partial charge on any atom is 0.243 e. The van der Waals surface area contributed by atoms with E-state index in [1.807, 2.05) is 56.3 Å². The Morgan fingerprint density at radius 3 is 2.19 bits per heavy atom. The number of ether oxygens (including phenoxy) is 1. The standard InChI is InChI=1S/C26H29N3O3/c1-19(2)26(31)29-22-13-11-21(12-14-22)28-25(30)18-27-23-9-6-10-24(17-23)32-16-15-20-7-4-3-5-8-20/h3-14,17,19,27H,15-16,18H2,1-2H3,(H,28,30)(H,29,31). The molecule has 0 aliphatic heterocycles. The van der Waals surface area contributed by atoms with Gasteiger partial charge in [0.15, 0.2) is 0 Å². The van der Waals surface area contributed by atoms with Gasteiger partial charge in [0.05, 0.1) is 13.2 Å². The summed E-state index contributed by atoms with van der Waals surface area (Å²) in [6.45, 7) is 4.38. The highest BCUT2D eigenvalue weighted by Crippen LogP contribution is 2.18. The normalized spacial score (nSPS) is 10.5. The van der Waals surface area contributed by atoms with Gasteiger partial charge in [-0.3, -0.25) is 9.59 Å². The highest BCUT2D eigenvalue weighted by molar-refractivity contribution is 5.95. The number of nitrogens with one attached hydrogen (secondary N) is 3. The molecule has 0 radical (unpaired) electrons. The van der Waals surface area contributed by atoms with Gasteiger partial charge < -0.3 is 20.7 Å². The minimum Gasteiger partial charge on any atom is -0.493 e. The van der Waals surface area contributed by atoms with E-state index in [0.29, 0.717) is 18.0 Å². The largest absolute Gasteiger partial charge is 0.493 e. The molecule has 0 saturated heterocycles. The molecular weight excluding hydrogens is 402 g/mol. The van der Waals surface area contributed by atoms with Crippen LogP contribution in [0, 0.1) is 5.92 Å². The van der Waals surface area contributed by atoms with E-state index in [1.165, 1.54) is 5.56 Å². The lowest BCUT2D eigenvalue weighted by Crippen LogP contribution is -2.21. The predicted octanol–water partition coefficient (Wildman–Crippen LogP) is 4.95. The molecule has 0 spiro atoms. The Morgan fingerprint density at radius 1 is 0.812 bits per heavy atom. The Kier molecular flexibility index (Phi) is 8.26. The fraction of sp³-hybridized carbons (Fsp3) is 0.231. The van der Waals surface area contributed by atoms with Crippen molar-refractivity contribution in [3.63, 3.8) is 0 Å². The topological polar surface area (TPSA) is 79.5 Å².